The van der Waals surface area contributed by atoms with Gasteiger partial charge < -0.3 is 24.4 Å². The van der Waals surface area contributed by atoms with Gasteiger partial charge >= 0.3 is 0 Å². The molecule has 3 rings (SSSR count). The van der Waals surface area contributed by atoms with Gasteiger partial charge in [0.05, 0.1) is 27.9 Å². The van der Waals surface area contributed by atoms with Gasteiger partial charge in [-0.25, -0.2) is 4.99 Å². The fourth-order valence-corrected chi connectivity index (χ4v) is 4.00. The maximum Gasteiger partial charge on any atom is 0.194 e. The first-order valence-electron chi connectivity index (χ1n) is 9.47. The minimum Gasteiger partial charge on any atom is -0.496 e. The summed E-state index contributed by atoms with van der Waals surface area (Å²) in [6, 6.07) is 3.80. The molecule has 0 atom stereocenters. The van der Waals surface area contributed by atoms with Gasteiger partial charge in [-0.05, 0) is 37.7 Å². The summed E-state index contributed by atoms with van der Waals surface area (Å²) >= 11 is 0. The number of hydrogen-bond acceptors (Lipinski definition) is 4. The van der Waals surface area contributed by atoms with Crippen LogP contribution in [0.2, 0.25) is 0 Å². The van der Waals surface area contributed by atoms with E-state index in [9.17, 15) is 0 Å². The van der Waals surface area contributed by atoms with E-state index in [0.29, 0.717) is 23.5 Å². The molecule has 1 saturated heterocycles. The predicted octanol–water partition coefficient (Wildman–Crippen LogP) is 3.67. The summed E-state index contributed by atoms with van der Waals surface area (Å²) in [6.45, 7) is 5.74. The van der Waals surface area contributed by atoms with Crippen LogP contribution in [0.25, 0.3) is 0 Å². The number of benzene rings is 1. The van der Waals surface area contributed by atoms with E-state index in [1.165, 1.54) is 25.7 Å². The fourth-order valence-electron chi connectivity index (χ4n) is 4.00. The predicted molar refractivity (Wildman–Crippen MR) is 119 cm³/mol. The molecule has 0 amide bonds. The van der Waals surface area contributed by atoms with Crippen LogP contribution in [0.4, 0.5) is 0 Å². The minimum atomic E-state index is 0. The largest absolute Gasteiger partial charge is 0.496 e. The maximum atomic E-state index is 5.53. The summed E-state index contributed by atoms with van der Waals surface area (Å²) in [6.07, 6.45) is 5.40. The number of rotatable bonds is 6. The lowest BCUT2D eigenvalue weighted by Gasteiger charge is -2.38. The Hall–Kier alpha value is -1.38. The summed E-state index contributed by atoms with van der Waals surface area (Å²) in [4.78, 5) is 7.30. The molecule has 1 N–H and O–H groups in total. The van der Waals surface area contributed by atoms with E-state index in [1.807, 2.05) is 12.1 Å². The molecule has 27 heavy (non-hydrogen) atoms. The first kappa shape index (κ1) is 21.9. The third-order valence-corrected chi connectivity index (χ3v) is 5.67. The Morgan fingerprint density at radius 3 is 2.26 bits per heavy atom. The van der Waals surface area contributed by atoms with Crippen molar-refractivity contribution in [3.05, 3.63) is 17.7 Å². The van der Waals surface area contributed by atoms with Crippen molar-refractivity contribution in [1.29, 1.82) is 0 Å². The Morgan fingerprint density at radius 2 is 1.74 bits per heavy atom. The number of halogens is 1. The monoisotopic (exact) mass is 489 g/mol. The molecule has 0 aromatic heterocycles. The van der Waals surface area contributed by atoms with E-state index < -0.39 is 0 Å². The van der Waals surface area contributed by atoms with Gasteiger partial charge in [0.15, 0.2) is 17.5 Å². The highest BCUT2D eigenvalue weighted by molar-refractivity contribution is 14.0. The number of aliphatic imine (C=N–C) groups is 1. The molecular formula is C20H32IN3O3. The van der Waals surface area contributed by atoms with Crippen LogP contribution in [0.5, 0.6) is 17.2 Å². The second-order valence-corrected chi connectivity index (χ2v) is 7.21. The van der Waals surface area contributed by atoms with Crippen molar-refractivity contribution in [2.75, 3.05) is 41.0 Å². The molecule has 0 radical (unpaired) electrons. The minimum absolute atomic E-state index is 0. The Bertz CT molecular complexity index is 662. The Balaban J connectivity index is 0.00000261. The van der Waals surface area contributed by atoms with Gasteiger partial charge in [-0.3, -0.25) is 0 Å². The SMILES string of the molecule is CCNC(=NCc1cc(OC)c(OC)cc1OC)N1CCC2(CCC2)C1.I. The highest BCUT2D eigenvalue weighted by Gasteiger charge is 2.43. The Kier molecular flexibility index (Phi) is 7.88. The molecule has 1 aliphatic carbocycles. The second kappa shape index (κ2) is 9.71. The maximum absolute atomic E-state index is 5.53. The molecule has 2 aliphatic rings. The quantitative estimate of drug-likeness (QED) is 0.376. The molecule has 1 heterocycles. The van der Waals surface area contributed by atoms with Crippen molar-refractivity contribution in [2.45, 2.75) is 39.2 Å². The molecule has 7 heteroatoms. The lowest BCUT2D eigenvalue weighted by atomic mass is 9.68. The molecule has 152 valence electrons. The van der Waals surface area contributed by atoms with E-state index in [4.69, 9.17) is 19.2 Å². The van der Waals surface area contributed by atoms with Crippen LogP contribution in [0.1, 0.15) is 38.2 Å². The Morgan fingerprint density at radius 1 is 1.07 bits per heavy atom. The van der Waals surface area contributed by atoms with Crippen molar-refractivity contribution in [3.63, 3.8) is 0 Å². The molecule has 6 nitrogen and oxygen atoms in total. The Labute approximate surface area is 179 Å². The molecule has 1 spiro atoms. The van der Waals surface area contributed by atoms with Crippen LogP contribution >= 0.6 is 24.0 Å². The normalized spacial score (nSPS) is 17.9. The smallest absolute Gasteiger partial charge is 0.194 e. The third-order valence-electron chi connectivity index (χ3n) is 5.67. The zero-order chi connectivity index (χ0) is 18.6. The molecule has 1 aromatic carbocycles. The van der Waals surface area contributed by atoms with Crippen molar-refractivity contribution >= 4 is 29.9 Å². The molecule has 0 unspecified atom stereocenters. The molecular weight excluding hydrogens is 457 g/mol. The molecule has 1 aromatic rings. The van der Waals surface area contributed by atoms with Gasteiger partial charge in [0, 0.05) is 31.3 Å². The summed E-state index contributed by atoms with van der Waals surface area (Å²) < 4.78 is 16.3. The van der Waals surface area contributed by atoms with Crippen molar-refractivity contribution in [2.24, 2.45) is 10.4 Å². The summed E-state index contributed by atoms with van der Waals surface area (Å²) in [5, 5.41) is 3.45. The molecule has 2 fully saturated rings. The van der Waals surface area contributed by atoms with Crippen LogP contribution in [-0.2, 0) is 6.54 Å². The van der Waals surface area contributed by atoms with E-state index >= 15 is 0 Å². The van der Waals surface area contributed by atoms with Crippen LogP contribution in [0.15, 0.2) is 17.1 Å². The average Bonchev–Trinajstić information content (AvgIpc) is 3.10. The first-order valence-corrected chi connectivity index (χ1v) is 9.47. The lowest BCUT2D eigenvalue weighted by molar-refractivity contribution is 0.151. The zero-order valence-corrected chi connectivity index (χ0v) is 19.2. The number of hydrogen-bond donors (Lipinski definition) is 1. The van der Waals surface area contributed by atoms with E-state index in [1.54, 1.807) is 21.3 Å². The topological polar surface area (TPSA) is 55.3 Å². The van der Waals surface area contributed by atoms with Gasteiger partial charge in [0.25, 0.3) is 0 Å². The standard InChI is InChI=1S/C20H31N3O3.HI/c1-5-21-19(23-10-9-20(14-23)7-6-8-20)22-13-15-11-17(25-3)18(26-4)12-16(15)24-2;/h11-12H,5-10,13-14H2,1-4H3,(H,21,22);1H. The number of guanidine groups is 1. The van der Waals surface area contributed by atoms with Gasteiger partial charge in [-0.2, -0.15) is 0 Å². The number of nitrogens with one attached hydrogen (secondary N) is 1. The average molecular weight is 489 g/mol. The van der Waals surface area contributed by atoms with Crippen LogP contribution in [0, 0.1) is 5.41 Å². The van der Waals surface area contributed by atoms with Crippen molar-refractivity contribution in [1.82, 2.24) is 10.2 Å². The molecule has 1 aliphatic heterocycles. The summed E-state index contributed by atoms with van der Waals surface area (Å²) in [7, 11) is 4.94. The number of methoxy groups -OCH3 is 3. The van der Waals surface area contributed by atoms with Gasteiger partial charge in [-0.1, -0.05) is 6.42 Å². The summed E-state index contributed by atoms with van der Waals surface area (Å²) in [5.41, 5.74) is 1.54. The molecule has 0 bridgehead atoms. The fraction of sp³-hybridized carbons (Fsp3) is 0.650. The van der Waals surface area contributed by atoms with Crippen molar-refractivity contribution in [3.8, 4) is 17.2 Å². The van der Waals surface area contributed by atoms with Crippen LogP contribution in [0.3, 0.4) is 0 Å². The number of likely N-dealkylation sites (tertiary alicyclic amines) is 1. The van der Waals surface area contributed by atoms with Crippen LogP contribution < -0.4 is 19.5 Å². The lowest BCUT2D eigenvalue weighted by Crippen LogP contribution is -2.42. The number of ether oxygens (including phenoxy) is 3. The third kappa shape index (κ3) is 4.73. The second-order valence-electron chi connectivity index (χ2n) is 7.21. The first-order chi connectivity index (χ1) is 12.6. The van der Waals surface area contributed by atoms with E-state index in [0.717, 1.165) is 36.9 Å². The van der Waals surface area contributed by atoms with Crippen LogP contribution in [-0.4, -0.2) is 51.8 Å². The zero-order valence-electron chi connectivity index (χ0n) is 16.8. The van der Waals surface area contributed by atoms with E-state index in [-0.39, 0.29) is 24.0 Å². The van der Waals surface area contributed by atoms with Gasteiger partial charge in [0.2, 0.25) is 0 Å². The summed E-state index contributed by atoms with van der Waals surface area (Å²) in [5.74, 6) is 3.11. The highest BCUT2D eigenvalue weighted by Crippen LogP contribution is 2.47. The van der Waals surface area contributed by atoms with Gasteiger partial charge in [0.1, 0.15) is 5.75 Å². The highest BCUT2D eigenvalue weighted by atomic mass is 127. The van der Waals surface area contributed by atoms with E-state index in [2.05, 4.69) is 17.1 Å². The molecule has 1 saturated carbocycles. The number of nitrogens with zero attached hydrogens (tertiary/aromatic N) is 2. The van der Waals surface area contributed by atoms with Gasteiger partial charge in [-0.15, -0.1) is 24.0 Å². The van der Waals surface area contributed by atoms with Crippen molar-refractivity contribution < 1.29 is 14.2 Å².